The van der Waals surface area contributed by atoms with Crippen molar-refractivity contribution < 1.29 is 9.59 Å². The van der Waals surface area contributed by atoms with Crippen molar-refractivity contribution in [3.63, 3.8) is 0 Å². The molecule has 2 aromatic carbocycles. The van der Waals surface area contributed by atoms with Crippen LogP contribution in [0, 0.1) is 6.92 Å². The van der Waals surface area contributed by atoms with Gasteiger partial charge >= 0.3 is 0 Å². The number of carbonyl (C=O) groups excluding carboxylic acids is 2. The van der Waals surface area contributed by atoms with Crippen LogP contribution in [0.2, 0.25) is 0 Å². The molecule has 0 heterocycles. The molecule has 120 valence electrons. The zero-order chi connectivity index (χ0) is 16.8. The van der Waals surface area contributed by atoms with Crippen LogP contribution in [0.5, 0.6) is 0 Å². The van der Waals surface area contributed by atoms with Crippen molar-refractivity contribution in [2.45, 2.75) is 12.7 Å². The molecular formula is C18H20N2O2S. The van der Waals surface area contributed by atoms with E-state index in [-0.39, 0.29) is 11.8 Å². The summed E-state index contributed by atoms with van der Waals surface area (Å²) in [5, 5.41) is 5.45. The van der Waals surface area contributed by atoms with Gasteiger partial charge in [0.05, 0.1) is 0 Å². The molecule has 0 aliphatic rings. The molecule has 0 atom stereocenters. The van der Waals surface area contributed by atoms with E-state index in [0.717, 1.165) is 11.3 Å². The van der Waals surface area contributed by atoms with Crippen LogP contribution in [0.15, 0.2) is 42.5 Å². The van der Waals surface area contributed by atoms with Crippen LogP contribution in [0.25, 0.3) is 0 Å². The van der Waals surface area contributed by atoms with Gasteiger partial charge in [0.2, 0.25) is 0 Å². The Morgan fingerprint density at radius 3 is 2.26 bits per heavy atom. The molecule has 5 heteroatoms. The van der Waals surface area contributed by atoms with Crippen LogP contribution in [0.1, 0.15) is 31.8 Å². The van der Waals surface area contributed by atoms with Gasteiger partial charge in [-0.25, -0.2) is 0 Å². The first kappa shape index (κ1) is 17.1. The van der Waals surface area contributed by atoms with Crippen LogP contribution in [-0.2, 0) is 5.75 Å². The van der Waals surface area contributed by atoms with Crippen LogP contribution < -0.4 is 10.6 Å². The van der Waals surface area contributed by atoms with E-state index in [1.165, 1.54) is 5.56 Å². The molecule has 23 heavy (non-hydrogen) atoms. The summed E-state index contributed by atoms with van der Waals surface area (Å²) >= 11 is 1.74. The second-order valence-corrected chi connectivity index (χ2v) is 6.06. The lowest BCUT2D eigenvalue weighted by atomic mass is 10.1. The molecule has 0 fully saturated rings. The topological polar surface area (TPSA) is 58.2 Å². The Kier molecular flexibility index (Phi) is 5.82. The summed E-state index contributed by atoms with van der Waals surface area (Å²) in [5.74, 6) is 0.564. The molecule has 0 aliphatic heterocycles. The lowest BCUT2D eigenvalue weighted by Crippen LogP contribution is -2.19. The molecule has 0 aromatic heterocycles. The highest BCUT2D eigenvalue weighted by Crippen LogP contribution is 2.18. The highest BCUT2D eigenvalue weighted by molar-refractivity contribution is 7.97. The van der Waals surface area contributed by atoms with E-state index >= 15 is 0 Å². The number of benzene rings is 2. The van der Waals surface area contributed by atoms with E-state index in [2.05, 4.69) is 10.6 Å². The van der Waals surface area contributed by atoms with Crippen molar-refractivity contribution in [2.24, 2.45) is 0 Å². The van der Waals surface area contributed by atoms with E-state index < -0.39 is 0 Å². The Balaban J connectivity index is 2.17. The number of nitrogens with one attached hydrogen (secondary N) is 2. The molecule has 2 amide bonds. The number of thioether (sulfide) groups is 1. The molecule has 2 N–H and O–H groups in total. The summed E-state index contributed by atoms with van der Waals surface area (Å²) in [5.41, 5.74) is 3.85. The molecular weight excluding hydrogens is 308 g/mol. The maximum absolute atomic E-state index is 12.4. The third-order valence-corrected chi connectivity index (χ3v) is 4.12. The predicted molar refractivity (Wildman–Crippen MR) is 96.2 cm³/mol. The second kappa shape index (κ2) is 7.83. The number of aryl methyl sites for hydroxylation is 1. The minimum atomic E-state index is -0.183. The van der Waals surface area contributed by atoms with Gasteiger partial charge in [0, 0.05) is 29.6 Å². The Labute approximate surface area is 140 Å². The average molecular weight is 328 g/mol. The van der Waals surface area contributed by atoms with E-state index in [1.54, 1.807) is 30.9 Å². The first-order valence-electron chi connectivity index (χ1n) is 7.27. The quantitative estimate of drug-likeness (QED) is 0.883. The van der Waals surface area contributed by atoms with Crippen molar-refractivity contribution in [1.29, 1.82) is 0 Å². The summed E-state index contributed by atoms with van der Waals surface area (Å²) in [6, 6.07) is 12.8. The van der Waals surface area contributed by atoms with E-state index in [4.69, 9.17) is 0 Å². The van der Waals surface area contributed by atoms with Crippen LogP contribution >= 0.6 is 11.8 Å². The fraction of sp³-hybridized carbons (Fsp3) is 0.222. The van der Waals surface area contributed by atoms with E-state index in [1.807, 2.05) is 43.5 Å². The maximum Gasteiger partial charge on any atom is 0.255 e. The third kappa shape index (κ3) is 4.36. The molecule has 0 saturated heterocycles. The van der Waals surface area contributed by atoms with Gasteiger partial charge in [-0.15, -0.1) is 0 Å². The third-order valence-electron chi connectivity index (χ3n) is 3.50. The lowest BCUT2D eigenvalue weighted by Gasteiger charge is -2.10. The average Bonchev–Trinajstić information content (AvgIpc) is 2.57. The normalized spacial score (nSPS) is 10.2. The number of carbonyl (C=O) groups is 2. The SMILES string of the molecule is CNC(=O)c1ccc(C)c(NC(=O)c2ccc(CSC)cc2)c1. The summed E-state index contributed by atoms with van der Waals surface area (Å²) in [6.07, 6.45) is 2.04. The van der Waals surface area contributed by atoms with Crippen molar-refractivity contribution >= 4 is 29.3 Å². The molecule has 4 nitrogen and oxygen atoms in total. The summed E-state index contributed by atoms with van der Waals surface area (Å²) in [6.45, 7) is 1.89. The van der Waals surface area contributed by atoms with Crippen molar-refractivity contribution in [3.8, 4) is 0 Å². The standard InChI is InChI=1S/C18H20N2O2S/c1-12-4-7-15(17(21)19-2)10-16(12)20-18(22)14-8-5-13(6-9-14)11-23-3/h4-10H,11H2,1-3H3,(H,19,21)(H,20,22). The molecule has 0 aliphatic carbocycles. The highest BCUT2D eigenvalue weighted by Gasteiger charge is 2.10. The van der Waals surface area contributed by atoms with Crippen molar-refractivity contribution in [2.75, 3.05) is 18.6 Å². The summed E-state index contributed by atoms with van der Waals surface area (Å²) in [4.78, 5) is 24.1. The number of hydrogen-bond acceptors (Lipinski definition) is 3. The monoisotopic (exact) mass is 328 g/mol. The van der Waals surface area contributed by atoms with Crippen molar-refractivity contribution in [1.82, 2.24) is 5.32 Å². The molecule has 0 spiro atoms. The van der Waals surface area contributed by atoms with Crippen LogP contribution in [0.3, 0.4) is 0 Å². The van der Waals surface area contributed by atoms with Gasteiger partial charge in [0.1, 0.15) is 0 Å². The number of anilines is 1. The highest BCUT2D eigenvalue weighted by atomic mass is 32.2. The van der Waals surface area contributed by atoms with E-state index in [0.29, 0.717) is 16.8 Å². The zero-order valence-electron chi connectivity index (χ0n) is 13.5. The van der Waals surface area contributed by atoms with Gasteiger partial charge in [0.25, 0.3) is 11.8 Å². The first-order chi connectivity index (χ1) is 11.0. The number of rotatable bonds is 5. The van der Waals surface area contributed by atoms with Gasteiger partial charge in [-0.2, -0.15) is 11.8 Å². The van der Waals surface area contributed by atoms with Crippen LogP contribution in [-0.4, -0.2) is 25.1 Å². The minimum Gasteiger partial charge on any atom is -0.355 e. The molecule has 0 bridgehead atoms. The Bertz CT molecular complexity index is 711. The molecule has 2 rings (SSSR count). The van der Waals surface area contributed by atoms with E-state index in [9.17, 15) is 9.59 Å². The zero-order valence-corrected chi connectivity index (χ0v) is 14.3. The fourth-order valence-electron chi connectivity index (χ4n) is 2.16. The van der Waals surface area contributed by atoms with Crippen molar-refractivity contribution in [3.05, 3.63) is 64.7 Å². The fourth-order valence-corrected chi connectivity index (χ4v) is 2.68. The Hall–Kier alpha value is -2.27. The largest absolute Gasteiger partial charge is 0.355 e. The molecule has 2 aromatic rings. The first-order valence-corrected chi connectivity index (χ1v) is 8.66. The lowest BCUT2D eigenvalue weighted by molar-refractivity contribution is 0.0961. The Morgan fingerprint density at radius 1 is 1.00 bits per heavy atom. The Morgan fingerprint density at radius 2 is 1.65 bits per heavy atom. The summed E-state index contributed by atoms with van der Waals surface area (Å²) < 4.78 is 0. The smallest absolute Gasteiger partial charge is 0.255 e. The number of amides is 2. The minimum absolute atomic E-state index is 0.179. The number of hydrogen-bond donors (Lipinski definition) is 2. The van der Waals surface area contributed by atoms with Gasteiger partial charge in [-0.1, -0.05) is 18.2 Å². The molecule has 0 unspecified atom stereocenters. The predicted octanol–water partition coefficient (Wildman–Crippen LogP) is 3.47. The summed E-state index contributed by atoms with van der Waals surface area (Å²) in [7, 11) is 1.58. The van der Waals surface area contributed by atoms with Gasteiger partial charge in [0.15, 0.2) is 0 Å². The second-order valence-electron chi connectivity index (χ2n) is 5.19. The van der Waals surface area contributed by atoms with Gasteiger partial charge < -0.3 is 10.6 Å². The maximum atomic E-state index is 12.4. The molecule has 0 saturated carbocycles. The molecule has 0 radical (unpaired) electrons. The van der Waals surface area contributed by atoms with Gasteiger partial charge in [-0.05, 0) is 48.6 Å². The van der Waals surface area contributed by atoms with Gasteiger partial charge in [-0.3, -0.25) is 9.59 Å². The van der Waals surface area contributed by atoms with Crippen LogP contribution in [0.4, 0.5) is 5.69 Å².